The molecular formula is C14H17BrN2O4S. The van der Waals surface area contributed by atoms with Crippen molar-refractivity contribution in [2.75, 3.05) is 6.54 Å². The number of allylic oxidation sites excluding steroid dienone is 1. The summed E-state index contributed by atoms with van der Waals surface area (Å²) in [5.41, 5.74) is 0.608. The van der Waals surface area contributed by atoms with Gasteiger partial charge in [0.05, 0.1) is 11.0 Å². The molecule has 8 heteroatoms. The number of hydrogen-bond donors (Lipinski definition) is 0. The molecule has 1 aliphatic heterocycles. The highest BCUT2D eigenvalue weighted by Crippen LogP contribution is 2.36. The monoisotopic (exact) mass is 388 g/mol. The molecule has 1 unspecified atom stereocenters. The van der Waals surface area contributed by atoms with Crippen LogP contribution in [0.5, 0.6) is 0 Å². The number of rotatable bonds is 4. The van der Waals surface area contributed by atoms with Crippen molar-refractivity contribution in [3.63, 3.8) is 0 Å². The number of sulfonamides is 1. The van der Waals surface area contributed by atoms with Crippen LogP contribution in [0.2, 0.25) is 0 Å². The number of nitro groups is 1. The fourth-order valence-electron chi connectivity index (χ4n) is 2.57. The fourth-order valence-corrected chi connectivity index (χ4v) is 5.00. The highest BCUT2D eigenvalue weighted by molar-refractivity contribution is 9.11. The van der Waals surface area contributed by atoms with Crippen molar-refractivity contribution in [2.45, 2.75) is 37.6 Å². The normalized spacial score (nSPS) is 19.1. The van der Waals surface area contributed by atoms with Crippen molar-refractivity contribution in [3.05, 3.63) is 44.4 Å². The molecule has 2 rings (SSSR count). The molecule has 0 amide bonds. The summed E-state index contributed by atoms with van der Waals surface area (Å²) in [6.45, 7) is 4.16. The van der Waals surface area contributed by atoms with Gasteiger partial charge in [0.2, 0.25) is 10.0 Å². The van der Waals surface area contributed by atoms with Crippen LogP contribution in [-0.2, 0) is 10.0 Å². The van der Waals surface area contributed by atoms with E-state index in [9.17, 15) is 18.5 Å². The van der Waals surface area contributed by atoms with E-state index < -0.39 is 14.9 Å². The van der Waals surface area contributed by atoms with E-state index in [4.69, 9.17) is 0 Å². The molecular weight excluding hydrogens is 372 g/mol. The van der Waals surface area contributed by atoms with Gasteiger partial charge in [0.15, 0.2) is 4.90 Å². The molecule has 0 aromatic heterocycles. The van der Waals surface area contributed by atoms with Gasteiger partial charge in [-0.1, -0.05) is 33.6 Å². The summed E-state index contributed by atoms with van der Waals surface area (Å²) in [4.78, 5) is 10.2. The van der Waals surface area contributed by atoms with Crippen LogP contribution in [0.1, 0.15) is 26.7 Å². The molecule has 1 heterocycles. The predicted molar refractivity (Wildman–Crippen MR) is 87.3 cm³/mol. The van der Waals surface area contributed by atoms with E-state index >= 15 is 0 Å². The first-order chi connectivity index (χ1) is 10.3. The van der Waals surface area contributed by atoms with Crippen molar-refractivity contribution in [3.8, 4) is 0 Å². The average molecular weight is 389 g/mol. The van der Waals surface area contributed by atoms with Crippen molar-refractivity contribution in [2.24, 2.45) is 0 Å². The van der Waals surface area contributed by atoms with Crippen LogP contribution in [0.3, 0.4) is 0 Å². The maximum absolute atomic E-state index is 12.9. The van der Waals surface area contributed by atoms with Gasteiger partial charge in [-0.25, -0.2) is 8.42 Å². The lowest BCUT2D eigenvalue weighted by molar-refractivity contribution is -0.387. The summed E-state index contributed by atoms with van der Waals surface area (Å²) in [6.07, 6.45) is 1.43. The zero-order valence-electron chi connectivity index (χ0n) is 12.3. The first-order valence-corrected chi connectivity index (χ1v) is 9.08. The van der Waals surface area contributed by atoms with Gasteiger partial charge in [-0.15, -0.1) is 0 Å². The molecule has 0 spiro atoms. The van der Waals surface area contributed by atoms with Gasteiger partial charge in [0.1, 0.15) is 0 Å². The Morgan fingerprint density at radius 1 is 1.36 bits per heavy atom. The van der Waals surface area contributed by atoms with Crippen molar-refractivity contribution >= 4 is 31.6 Å². The lowest BCUT2D eigenvalue weighted by Crippen LogP contribution is -2.36. The summed E-state index contributed by atoms with van der Waals surface area (Å²) < 4.78 is 27.9. The molecule has 1 aliphatic rings. The first-order valence-electron chi connectivity index (χ1n) is 6.85. The van der Waals surface area contributed by atoms with E-state index in [1.165, 1.54) is 28.6 Å². The number of benzene rings is 1. The Kier molecular flexibility index (Phi) is 5.03. The second kappa shape index (κ2) is 6.47. The van der Waals surface area contributed by atoms with Gasteiger partial charge < -0.3 is 0 Å². The Morgan fingerprint density at radius 2 is 2.00 bits per heavy atom. The van der Waals surface area contributed by atoms with Gasteiger partial charge in [-0.3, -0.25) is 10.1 Å². The third kappa shape index (κ3) is 3.09. The van der Waals surface area contributed by atoms with Crippen molar-refractivity contribution in [1.29, 1.82) is 0 Å². The summed E-state index contributed by atoms with van der Waals surface area (Å²) in [7, 11) is -3.91. The average Bonchev–Trinajstić information content (AvgIpc) is 2.96. The molecule has 22 heavy (non-hydrogen) atoms. The Hall–Kier alpha value is -1.25. The molecule has 6 nitrogen and oxygen atoms in total. The molecule has 0 saturated carbocycles. The third-order valence-corrected chi connectivity index (χ3v) is 6.90. The van der Waals surface area contributed by atoms with E-state index in [1.807, 2.05) is 13.8 Å². The summed E-state index contributed by atoms with van der Waals surface area (Å²) >= 11 is 3.46. The van der Waals surface area contributed by atoms with Gasteiger partial charge in [0.25, 0.3) is 5.69 Å². The minimum atomic E-state index is -3.91. The van der Waals surface area contributed by atoms with Crippen LogP contribution in [0.4, 0.5) is 5.69 Å². The quantitative estimate of drug-likeness (QED) is 0.584. The molecule has 120 valence electrons. The highest BCUT2D eigenvalue weighted by atomic mass is 79.9. The first kappa shape index (κ1) is 17.1. The SMILES string of the molecule is CC(C)=C(Br)C1CCCN1S(=O)(=O)c1ccccc1[N+](=O)[O-]. The second-order valence-electron chi connectivity index (χ2n) is 5.35. The van der Waals surface area contributed by atoms with Crippen molar-refractivity contribution in [1.82, 2.24) is 4.31 Å². The van der Waals surface area contributed by atoms with Crippen LogP contribution in [0.25, 0.3) is 0 Å². The van der Waals surface area contributed by atoms with E-state index in [2.05, 4.69) is 15.9 Å². The summed E-state index contributed by atoms with van der Waals surface area (Å²) in [6, 6.07) is 5.17. The lowest BCUT2D eigenvalue weighted by atomic mass is 10.1. The molecule has 1 aromatic rings. The fraction of sp³-hybridized carbons (Fsp3) is 0.429. The van der Waals surface area contributed by atoms with Gasteiger partial charge in [-0.05, 0) is 32.8 Å². The Labute approximate surface area is 138 Å². The largest absolute Gasteiger partial charge is 0.289 e. The highest BCUT2D eigenvalue weighted by Gasteiger charge is 2.39. The standard InChI is InChI=1S/C14H17BrN2O4S/c1-10(2)14(15)12-7-5-9-16(12)22(20,21)13-8-4-3-6-11(13)17(18)19/h3-4,6,8,12H,5,7,9H2,1-2H3. The molecule has 0 bridgehead atoms. The minimum absolute atomic E-state index is 0.249. The van der Waals surface area contributed by atoms with Crippen LogP contribution < -0.4 is 0 Å². The molecule has 0 N–H and O–H groups in total. The molecule has 1 saturated heterocycles. The van der Waals surface area contributed by atoms with Gasteiger partial charge in [0, 0.05) is 17.1 Å². The Morgan fingerprint density at radius 3 is 2.59 bits per heavy atom. The molecule has 1 fully saturated rings. The summed E-state index contributed by atoms with van der Waals surface area (Å²) in [5.74, 6) is 0. The van der Waals surface area contributed by atoms with Crippen LogP contribution in [0, 0.1) is 10.1 Å². The number of hydrogen-bond acceptors (Lipinski definition) is 4. The van der Waals surface area contributed by atoms with Gasteiger partial charge >= 0.3 is 0 Å². The minimum Gasteiger partial charge on any atom is -0.258 e. The molecule has 1 atom stereocenters. The van der Waals surface area contributed by atoms with Crippen LogP contribution in [-0.4, -0.2) is 30.2 Å². The second-order valence-corrected chi connectivity index (χ2v) is 8.06. The third-order valence-electron chi connectivity index (χ3n) is 3.62. The number of nitrogens with zero attached hydrogens (tertiary/aromatic N) is 2. The maximum atomic E-state index is 12.9. The summed E-state index contributed by atoms with van der Waals surface area (Å²) in [5, 5.41) is 11.1. The lowest BCUT2D eigenvalue weighted by Gasteiger charge is -2.24. The Bertz CT molecular complexity index is 726. The van der Waals surface area contributed by atoms with Crippen LogP contribution >= 0.6 is 15.9 Å². The maximum Gasteiger partial charge on any atom is 0.289 e. The molecule has 0 radical (unpaired) electrons. The van der Waals surface area contributed by atoms with E-state index in [0.29, 0.717) is 13.0 Å². The van der Waals surface area contributed by atoms with Crippen molar-refractivity contribution < 1.29 is 13.3 Å². The topological polar surface area (TPSA) is 80.5 Å². The number of nitro benzene ring substituents is 1. The predicted octanol–water partition coefficient (Wildman–Crippen LogP) is 3.44. The van der Waals surface area contributed by atoms with Gasteiger partial charge in [-0.2, -0.15) is 4.31 Å². The molecule has 1 aromatic carbocycles. The Balaban J connectivity index is 2.52. The number of para-hydroxylation sites is 1. The van der Waals surface area contributed by atoms with E-state index in [-0.39, 0.29) is 16.6 Å². The van der Waals surface area contributed by atoms with E-state index in [0.717, 1.165) is 16.5 Å². The van der Waals surface area contributed by atoms with E-state index in [1.54, 1.807) is 0 Å². The zero-order chi connectivity index (χ0) is 16.5. The van der Waals surface area contributed by atoms with Crippen LogP contribution in [0.15, 0.2) is 39.2 Å². The number of halogens is 1. The zero-order valence-corrected chi connectivity index (χ0v) is 14.7. The smallest absolute Gasteiger partial charge is 0.258 e. The molecule has 0 aliphatic carbocycles.